The van der Waals surface area contributed by atoms with Gasteiger partial charge in [-0.2, -0.15) is 8.78 Å². The Hall–Kier alpha value is -3.49. The highest BCUT2D eigenvalue weighted by atomic mass is 19.3. The van der Waals surface area contributed by atoms with Gasteiger partial charge in [0.1, 0.15) is 6.61 Å². The highest BCUT2D eigenvalue weighted by Gasteiger charge is 2.39. The van der Waals surface area contributed by atoms with Crippen molar-refractivity contribution in [3.05, 3.63) is 59.7 Å². The molecule has 35 heavy (non-hydrogen) atoms. The molecule has 0 bridgehead atoms. The standard InChI is InChI=1S/C26H30F2N2O5/c1-25(2,12-11-22(31)30-16-26(27,28)23(32)33)13-14-29-24(34)35-15-21-19-9-5-3-7-17(19)18-8-4-6-10-20(18)21/h3-10,21H,11-16H2,1-2H3,(H,29,34)(H,30,31)(H,32,33). The molecule has 188 valence electrons. The molecule has 7 nitrogen and oxygen atoms in total. The number of carboxylic acid groups (broad SMARTS) is 1. The number of carbonyl (C=O) groups excluding carboxylic acids is 2. The first-order valence-corrected chi connectivity index (χ1v) is 11.5. The lowest BCUT2D eigenvalue weighted by atomic mass is 9.84. The number of carboxylic acids is 1. The fraction of sp³-hybridized carbons (Fsp3) is 0.423. The Morgan fingerprint density at radius 2 is 1.51 bits per heavy atom. The molecular formula is C26H30F2N2O5. The molecule has 2 aromatic carbocycles. The van der Waals surface area contributed by atoms with Crippen LogP contribution in [0.3, 0.4) is 0 Å². The SMILES string of the molecule is CC(C)(CCNC(=O)OCC1c2ccccc2-c2ccccc21)CCC(=O)NCC(F)(F)C(=O)O. The summed E-state index contributed by atoms with van der Waals surface area (Å²) in [5.74, 6) is -6.96. The summed E-state index contributed by atoms with van der Waals surface area (Å²) in [6.07, 6.45) is 0.351. The van der Waals surface area contributed by atoms with Gasteiger partial charge in [-0.15, -0.1) is 0 Å². The van der Waals surface area contributed by atoms with Crippen LogP contribution in [0.2, 0.25) is 0 Å². The summed E-state index contributed by atoms with van der Waals surface area (Å²) in [6, 6.07) is 16.1. The molecule has 0 spiro atoms. The van der Waals surface area contributed by atoms with Crippen LogP contribution in [-0.4, -0.2) is 48.7 Å². The Kier molecular flexibility index (Phi) is 8.09. The quantitative estimate of drug-likeness (QED) is 0.430. The maximum atomic E-state index is 13.1. The fourth-order valence-corrected chi connectivity index (χ4v) is 4.10. The molecule has 2 amide bonds. The number of halogens is 2. The van der Waals surface area contributed by atoms with Crippen LogP contribution in [0.15, 0.2) is 48.5 Å². The van der Waals surface area contributed by atoms with E-state index in [-0.39, 0.29) is 24.4 Å². The lowest BCUT2D eigenvalue weighted by Gasteiger charge is -2.24. The third kappa shape index (κ3) is 6.77. The number of alkyl halides is 2. The van der Waals surface area contributed by atoms with E-state index >= 15 is 0 Å². The number of carbonyl (C=O) groups is 3. The summed E-state index contributed by atoms with van der Waals surface area (Å²) < 4.78 is 31.6. The average Bonchev–Trinajstić information content (AvgIpc) is 3.14. The fourth-order valence-electron chi connectivity index (χ4n) is 4.10. The zero-order valence-electron chi connectivity index (χ0n) is 19.8. The summed E-state index contributed by atoms with van der Waals surface area (Å²) in [4.78, 5) is 34.5. The van der Waals surface area contributed by atoms with Gasteiger partial charge in [0, 0.05) is 18.9 Å². The molecule has 0 fully saturated rings. The monoisotopic (exact) mass is 488 g/mol. The number of benzene rings is 2. The van der Waals surface area contributed by atoms with Crippen molar-refractivity contribution >= 4 is 18.0 Å². The van der Waals surface area contributed by atoms with Crippen molar-refractivity contribution < 1.29 is 33.0 Å². The normalized spacial score (nSPS) is 13.0. The van der Waals surface area contributed by atoms with Crippen LogP contribution in [0.25, 0.3) is 11.1 Å². The van der Waals surface area contributed by atoms with Gasteiger partial charge in [0.15, 0.2) is 0 Å². The Bertz CT molecular complexity index is 1040. The Morgan fingerprint density at radius 3 is 2.09 bits per heavy atom. The average molecular weight is 489 g/mol. The zero-order chi connectivity index (χ0) is 25.6. The Morgan fingerprint density at radius 1 is 0.943 bits per heavy atom. The number of aliphatic carboxylic acids is 1. The van der Waals surface area contributed by atoms with E-state index in [2.05, 4.69) is 17.4 Å². The highest BCUT2D eigenvalue weighted by Crippen LogP contribution is 2.44. The number of ether oxygens (including phenoxy) is 1. The molecule has 9 heteroatoms. The van der Waals surface area contributed by atoms with Crippen molar-refractivity contribution in [2.24, 2.45) is 5.41 Å². The summed E-state index contributed by atoms with van der Waals surface area (Å²) in [5, 5.41) is 13.1. The van der Waals surface area contributed by atoms with E-state index in [1.54, 1.807) is 0 Å². The predicted molar refractivity (Wildman–Crippen MR) is 126 cm³/mol. The first kappa shape index (κ1) is 26.1. The Balaban J connectivity index is 1.40. The maximum Gasteiger partial charge on any atom is 0.407 e. The van der Waals surface area contributed by atoms with Gasteiger partial charge in [-0.3, -0.25) is 4.79 Å². The second-order valence-corrected chi connectivity index (χ2v) is 9.45. The second-order valence-electron chi connectivity index (χ2n) is 9.45. The number of amides is 2. The van der Waals surface area contributed by atoms with Crippen LogP contribution in [0.5, 0.6) is 0 Å². The van der Waals surface area contributed by atoms with Gasteiger partial charge in [-0.05, 0) is 40.5 Å². The van der Waals surface area contributed by atoms with Crippen LogP contribution in [0.1, 0.15) is 50.2 Å². The lowest BCUT2D eigenvalue weighted by molar-refractivity contribution is -0.164. The molecule has 0 aromatic heterocycles. The van der Waals surface area contributed by atoms with Crippen LogP contribution >= 0.6 is 0 Å². The van der Waals surface area contributed by atoms with Crippen molar-refractivity contribution in [2.75, 3.05) is 19.7 Å². The number of alkyl carbamates (subject to hydrolysis) is 1. The van der Waals surface area contributed by atoms with Crippen molar-refractivity contribution in [1.82, 2.24) is 10.6 Å². The smallest absolute Gasteiger partial charge is 0.407 e. The number of rotatable bonds is 11. The summed E-state index contributed by atoms with van der Waals surface area (Å²) >= 11 is 0. The first-order valence-electron chi connectivity index (χ1n) is 11.5. The molecule has 2 aromatic rings. The van der Waals surface area contributed by atoms with Crippen molar-refractivity contribution in [1.29, 1.82) is 0 Å². The van der Waals surface area contributed by atoms with E-state index in [0.29, 0.717) is 19.4 Å². The molecule has 1 aliphatic rings. The number of fused-ring (bicyclic) bond motifs is 3. The molecule has 0 saturated carbocycles. The lowest BCUT2D eigenvalue weighted by Crippen LogP contribution is -2.42. The van der Waals surface area contributed by atoms with Gasteiger partial charge in [0.2, 0.25) is 5.91 Å². The minimum atomic E-state index is -4.00. The predicted octanol–water partition coefficient (Wildman–Crippen LogP) is 4.56. The minimum absolute atomic E-state index is 0.0309. The second kappa shape index (κ2) is 10.8. The molecule has 0 atom stereocenters. The zero-order valence-corrected chi connectivity index (χ0v) is 19.8. The first-order chi connectivity index (χ1) is 16.5. The molecule has 0 heterocycles. The van der Waals surface area contributed by atoms with Crippen LogP contribution in [0, 0.1) is 5.41 Å². The van der Waals surface area contributed by atoms with Gasteiger partial charge >= 0.3 is 18.0 Å². The third-order valence-electron chi connectivity index (χ3n) is 6.26. The van der Waals surface area contributed by atoms with Crippen LogP contribution in [-0.2, 0) is 14.3 Å². The topological polar surface area (TPSA) is 105 Å². The maximum absolute atomic E-state index is 13.1. The molecule has 0 unspecified atom stereocenters. The van der Waals surface area contributed by atoms with Gasteiger partial charge < -0.3 is 20.5 Å². The van der Waals surface area contributed by atoms with Crippen molar-refractivity contribution in [2.45, 2.75) is 45.0 Å². The molecule has 0 aliphatic heterocycles. The van der Waals surface area contributed by atoms with E-state index in [1.807, 2.05) is 55.6 Å². The van der Waals surface area contributed by atoms with Crippen LogP contribution < -0.4 is 10.6 Å². The van der Waals surface area contributed by atoms with E-state index in [4.69, 9.17) is 9.84 Å². The molecular weight excluding hydrogens is 458 g/mol. The van der Waals surface area contributed by atoms with Gasteiger partial charge in [-0.25, -0.2) is 9.59 Å². The van der Waals surface area contributed by atoms with E-state index in [9.17, 15) is 23.2 Å². The molecule has 0 radical (unpaired) electrons. The summed E-state index contributed by atoms with van der Waals surface area (Å²) in [6.45, 7) is 3.08. The van der Waals surface area contributed by atoms with E-state index < -0.39 is 30.4 Å². The Labute approximate surface area is 202 Å². The minimum Gasteiger partial charge on any atom is -0.477 e. The van der Waals surface area contributed by atoms with E-state index in [0.717, 1.165) is 22.3 Å². The van der Waals surface area contributed by atoms with Gasteiger partial charge in [0.05, 0.1) is 6.54 Å². The molecule has 0 saturated heterocycles. The van der Waals surface area contributed by atoms with Crippen molar-refractivity contribution in [3.8, 4) is 11.1 Å². The number of hydrogen-bond donors (Lipinski definition) is 3. The summed E-state index contributed by atoms with van der Waals surface area (Å²) in [7, 11) is 0. The molecule has 1 aliphatic carbocycles. The molecule has 3 N–H and O–H groups in total. The van der Waals surface area contributed by atoms with Crippen molar-refractivity contribution in [3.63, 3.8) is 0 Å². The number of hydrogen-bond acceptors (Lipinski definition) is 4. The highest BCUT2D eigenvalue weighted by molar-refractivity contribution is 5.80. The summed E-state index contributed by atoms with van der Waals surface area (Å²) in [5.41, 5.74) is 4.19. The third-order valence-corrected chi connectivity index (χ3v) is 6.26. The molecule has 3 rings (SSSR count). The number of nitrogens with one attached hydrogen (secondary N) is 2. The van der Waals surface area contributed by atoms with Crippen LogP contribution in [0.4, 0.5) is 13.6 Å². The van der Waals surface area contributed by atoms with Gasteiger partial charge in [0.25, 0.3) is 0 Å². The van der Waals surface area contributed by atoms with Gasteiger partial charge in [-0.1, -0.05) is 62.4 Å². The van der Waals surface area contributed by atoms with E-state index in [1.165, 1.54) is 0 Å². The largest absolute Gasteiger partial charge is 0.477 e.